The average Bonchev–Trinajstić information content (AvgIpc) is 2.50. The molecule has 1 aromatic carbocycles. The summed E-state index contributed by atoms with van der Waals surface area (Å²) >= 11 is 1.86. The van der Waals surface area contributed by atoms with Crippen LogP contribution in [0.3, 0.4) is 0 Å². The monoisotopic (exact) mass is 322 g/mol. The molecule has 0 fully saturated rings. The highest BCUT2D eigenvalue weighted by Crippen LogP contribution is 2.19. The van der Waals surface area contributed by atoms with Crippen molar-refractivity contribution >= 4 is 23.4 Å². The number of nitrogens with zero attached hydrogens (tertiary/aromatic N) is 2. The zero-order valence-electron chi connectivity index (χ0n) is 14.7. The highest BCUT2D eigenvalue weighted by atomic mass is 32.2. The quantitative estimate of drug-likeness (QED) is 0.598. The summed E-state index contributed by atoms with van der Waals surface area (Å²) in [5.41, 5.74) is 2.42. The molecule has 0 aromatic heterocycles. The molecule has 0 saturated carbocycles. The van der Waals surface area contributed by atoms with E-state index in [1.54, 1.807) is 0 Å². The zero-order chi connectivity index (χ0) is 16.6. The molecule has 0 spiro atoms. The number of nitrogens with one attached hydrogen (secondary N) is 2. The summed E-state index contributed by atoms with van der Waals surface area (Å²) in [5, 5.41) is 6.72. The fourth-order valence-corrected chi connectivity index (χ4v) is 2.00. The normalized spacial score (nSPS) is 12.2. The first-order valence-corrected chi connectivity index (χ1v) is 8.94. The third-order valence-corrected chi connectivity index (χ3v) is 4.70. The first-order valence-electron chi connectivity index (χ1n) is 7.71. The lowest BCUT2D eigenvalue weighted by Gasteiger charge is -2.23. The highest BCUT2D eigenvalue weighted by Gasteiger charge is 2.15. The van der Waals surface area contributed by atoms with Gasteiger partial charge < -0.3 is 15.5 Å². The van der Waals surface area contributed by atoms with Crippen LogP contribution in [0.25, 0.3) is 0 Å². The van der Waals surface area contributed by atoms with Gasteiger partial charge in [0.25, 0.3) is 0 Å². The van der Waals surface area contributed by atoms with Gasteiger partial charge in [0.2, 0.25) is 0 Å². The van der Waals surface area contributed by atoms with Crippen LogP contribution in [0.2, 0.25) is 0 Å². The Labute approximate surface area is 139 Å². The Balaban J connectivity index is 2.65. The van der Waals surface area contributed by atoms with Gasteiger partial charge in [0.05, 0.1) is 6.54 Å². The molecule has 0 saturated heterocycles. The van der Waals surface area contributed by atoms with E-state index in [4.69, 9.17) is 0 Å². The lowest BCUT2D eigenvalue weighted by Crippen LogP contribution is -2.43. The molecule has 124 valence electrons. The Hall–Kier alpha value is -1.36. The minimum atomic E-state index is 0.198. The SMILES string of the molecule is CCNC(=NCc1ccc(N(C)C)cc1)NCC(C)(C)SC. The number of anilines is 1. The first-order chi connectivity index (χ1) is 10.4. The number of aliphatic imine (C=N–C) groups is 1. The lowest BCUT2D eigenvalue weighted by molar-refractivity contribution is 0.665. The second kappa shape index (κ2) is 8.93. The summed E-state index contributed by atoms with van der Waals surface area (Å²) in [5.74, 6) is 0.876. The molecule has 5 heteroatoms. The maximum atomic E-state index is 4.67. The maximum Gasteiger partial charge on any atom is 0.191 e. The smallest absolute Gasteiger partial charge is 0.191 e. The number of rotatable bonds is 7. The van der Waals surface area contributed by atoms with Gasteiger partial charge in [-0.05, 0) is 44.7 Å². The van der Waals surface area contributed by atoms with E-state index >= 15 is 0 Å². The third kappa shape index (κ3) is 6.60. The van der Waals surface area contributed by atoms with E-state index in [1.807, 2.05) is 25.9 Å². The van der Waals surface area contributed by atoms with Crippen molar-refractivity contribution in [2.45, 2.75) is 32.1 Å². The van der Waals surface area contributed by atoms with Crippen LogP contribution in [0.15, 0.2) is 29.3 Å². The Morgan fingerprint density at radius 1 is 1.18 bits per heavy atom. The van der Waals surface area contributed by atoms with Crippen molar-refractivity contribution in [3.63, 3.8) is 0 Å². The van der Waals surface area contributed by atoms with Crippen molar-refractivity contribution in [3.05, 3.63) is 29.8 Å². The van der Waals surface area contributed by atoms with Crippen LogP contribution in [0.1, 0.15) is 26.3 Å². The molecule has 0 aliphatic heterocycles. The summed E-state index contributed by atoms with van der Waals surface area (Å²) in [6.45, 7) is 8.98. The Morgan fingerprint density at radius 3 is 2.32 bits per heavy atom. The molecule has 0 heterocycles. The average molecular weight is 323 g/mol. The molecule has 1 aromatic rings. The van der Waals surface area contributed by atoms with E-state index in [-0.39, 0.29) is 4.75 Å². The van der Waals surface area contributed by atoms with Crippen LogP contribution < -0.4 is 15.5 Å². The first kappa shape index (κ1) is 18.7. The van der Waals surface area contributed by atoms with Crippen molar-refractivity contribution in [3.8, 4) is 0 Å². The summed E-state index contributed by atoms with van der Waals surface area (Å²) in [4.78, 5) is 6.77. The van der Waals surface area contributed by atoms with Crippen LogP contribution >= 0.6 is 11.8 Å². The van der Waals surface area contributed by atoms with E-state index < -0.39 is 0 Å². The van der Waals surface area contributed by atoms with Gasteiger partial charge in [-0.15, -0.1) is 0 Å². The Bertz CT molecular complexity index is 466. The van der Waals surface area contributed by atoms with Gasteiger partial charge >= 0.3 is 0 Å². The van der Waals surface area contributed by atoms with Gasteiger partial charge in [-0.2, -0.15) is 11.8 Å². The summed E-state index contributed by atoms with van der Waals surface area (Å²) in [6, 6.07) is 8.52. The van der Waals surface area contributed by atoms with Crippen molar-refractivity contribution < 1.29 is 0 Å². The molecular weight excluding hydrogens is 292 g/mol. The van der Waals surface area contributed by atoms with Gasteiger partial charge in [-0.25, -0.2) is 4.99 Å². The van der Waals surface area contributed by atoms with E-state index in [0.717, 1.165) is 19.0 Å². The van der Waals surface area contributed by atoms with Crippen LogP contribution in [0.4, 0.5) is 5.69 Å². The fraction of sp³-hybridized carbons (Fsp3) is 0.588. The van der Waals surface area contributed by atoms with Crippen LogP contribution in [0, 0.1) is 0 Å². The fourth-order valence-electron chi connectivity index (χ4n) is 1.78. The number of thioether (sulfide) groups is 1. The van der Waals surface area contributed by atoms with Gasteiger partial charge in [-0.1, -0.05) is 12.1 Å². The molecule has 0 unspecified atom stereocenters. The summed E-state index contributed by atoms with van der Waals surface area (Å²) in [7, 11) is 4.10. The predicted molar refractivity (Wildman–Crippen MR) is 101 cm³/mol. The minimum absolute atomic E-state index is 0.198. The van der Waals surface area contributed by atoms with Crippen molar-refractivity contribution in [2.24, 2.45) is 4.99 Å². The molecule has 0 amide bonds. The predicted octanol–water partition coefficient (Wildman–Crippen LogP) is 2.95. The molecule has 4 nitrogen and oxygen atoms in total. The van der Waals surface area contributed by atoms with Crippen LogP contribution in [-0.4, -0.2) is 44.1 Å². The molecule has 0 aliphatic rings. The maximum absolute atomic E-state index is 4.67. The second-order valence-corrected chi connectivity index (χ2v) is 7.59. The van der Waals surface area contributed by atoms with Gasteiger partial charge in [-0.3, -0.25) is 0 Å². The molecule has 0 atom stereocenters. The molecule has 0 bridgehead atoms. The number of guanidine groups is 1. The van der Waals surface area contributed by atoms with E-state index in [2.05, 4.69) is 71.8 Å². The lowest BCUT2D eigenvalue weighted by atomic mass is 10.2. The summed E-state index contributed by atoms with van der Waals surface area (Å²) in [6.07, 6.45) is 2.14. The van der Waals surface area contributed by atoms with E-state index in [1.165, 1.54) is 11.3 Å². The highest BCUT2D eigenvalue weighted by molar-refractivity contribution is 7.99. The van der Waals surface area contributed by atoms with Crippen LogP contribution in [-0.2, 0) is 6.54 Å². The van der Waals surface area contributed by atoms with Crippen molar-refractivity contribution in [1.82, 2.24) is 10.6 Å². The Morgan fingerprint density at radius 2 is 1.82 bits per heavy atom. The second-order valence-electron chi connectivity index (χ2n) is 6.07. The third-order valence-electron chi connectivity index (χ3n) is 3.45. The number of benzene rings is 1. The minimum Gasteiger partial charge on any atom is -0.378 e. The number of hydrogen-bond donors (Lipinski definition) is 2. The van der Waals surface area contributed by atoms with E-state index in [0.29, 0.717) is 6.54 Å². The molecule has 1 rings (SSSR count). The summed E-state index contributed by atoms with van der Waals surface area (Å²) < 4.78 is 0.198. The standard InChI is InChI=1S/C17H30N4S/c1-7-18-16(20-13-17(2,3)22-6)19-12-14-8-10-15(11-9-14)21(4)5/h8-11H,7,12-13H2,1-6H3,(H2,18,19,20). The topological polar surface area (TPSA) is 39.7 Å². The zero-order valence-corrected chi connectivity index (χ0v) is 15.5. The largest absolute Gasteiger partial charge is 0.378 e. The van der Waals surface area contributed by atoms with Gasteiger partial charge in [0.1, 0.15) is 0 Å². The van der Waals surface area contributed by atoms with E-state index in [9.17, 15) is 0 Å². The molecular formula is C17H30N4S. The number of hydrogen-bond acceptors (Lipinski definition) is 3. The molecule has 2 N–H and O–H groups in total. The molecule has 22 heavy (non-hydrogen) atoms. The van der Waals surface area contributed by atoms with Gasteiger partial charge in [0.15, 0.2) is 5.96 Å². The molecule has 0 aliphatic carbocycles. The van der Waals surface area contributed by atoms with Crippen LogP contribution in [0.5, 0.6) is 0 Å². The van der Waals surface area contributed by atoms with Crippen molar-refractivity contribution in [2.75, 3.05) is 38.3 Å². The van der Waals surface area contributed by atoms with Crippen molar-refractivity contribution in [1.29, 1.82) is 0 Å². The van der Waals surface area contributed by atoms with Gasteiger partial charge in [0, 0.05) is 37.6 Å². The molecule has 0 radical (unpaired) electrons. The Kier molecular flexibility index (Phi) is 7.59.